The number of hydrogen-bond acceptors (Lipinski definition) is 2. The summed E-state index contributed by atoms with van der Waals surface area (Å²) in [6.45, 7) is 0.724. The Morgan fingerprint density at radius 3 is 2.60 bits per heavy atom. The van der Waals surface area contributed by atoms with Crippen LogP contribution in [-0.2, 0) is 13.0 Å². The summed E-state index contributed by atoms with van der Waals surface area (Å²) in [5, 5.41) is 0.612. The lowest BCUT2D eigenvalue weighted by Crippen LogP contribution is -2.06. The number of para-hydroxylation sites is 1. The molecular formula is C15H14Cl2FNO. The van der Waals surface area contributed by atoms with Gasteiger partial charge in [0.15, 0.2) is 0 Å². The Morgan fingerprint density at radius 2 is 1.90 bits per heavy atom. The Bertz CT molecular complexity index is 604. The molecule has 2 aromatic rings. The molecule has 0 heterocycles. The van der Waals surface area contributed by atoms with Crippen molar-refractivity contribution in [3.05, 3.63) is 63.4 Å². The van der Waals surface area contributed by atoms with Crippen molar-refractivity contribution >= 4 is 23.2 Å². The molecule has 0 atom stereocenters. The highest BCUT2D eigenvalue weighted by atomic mass is 35.5. The Kier molecular flexibility index (Phi) is 5.24. The van der Waals surface area contributed by atoms with Crippen molar-refractivity contribution < 1.29 is 9.13 Å². The maximum Gasteiger partial charge on any atom is 0.142 e. The molecule has 0 aliphatic carbocycles. The van der Waals surface area contributed by atoms with Gasteiger partial charge in [0.05, 0.1) is 10.0 Å². The van der Waals surface area contributed by atoms with Gasteiger partial charge in [-0.2, -0.15) is 0 Å². The lowest BCUT2D eigenvalue weighted by atomic mass is 10.1. The fourth-order valence-corrected chi connectivity index (χ4v) is 2.22. The number of nitrogens with two attached hydrogens (primary N) is 1. The normalized spacial score (nSPS) is 10.6. The Hall–Kier alpha value is -1.29. The van der Waals surface area contributed by atoms with Crippen LogP contribution in [0.15, 0.2) is 36.4 Å². The highest BCUT2D eigenvalue weighted by molar-refractivity contribution is 6.32. The molecule has 2 N–H and O–H groups in total. The van der Waals surface area contributed by atoms with Crippen LogP contribution in [0.3, 0.4) is 0 Å². The molecule has 0 aliphatic rings. The predicted octanol–water partition coefficient (Wildman–Crippen LogP) is 4.21. The average molecular weight is 314 g/mol. The first-order valence-corrected chi connectivity index (χ1v) is 6.91. The van der Waals surface area contributed by atoms with Crippen molar-refractivity contribution in [3.63, 3.8) is 0 Å². The van der Waals surface area contributed by atoms with E-state index in [-0.39, 0.29) is 11.6 Å². The highest BCUT2D eigenvalue weighted by Gasteiger charge is 2.09. The number of rotatable bonds is 5. The molecule has 106 valence electrons. The van der Waals surface area contributed by atoms with Crippen molar-refractivity contribution in [1.29, 1.82) is 0 Å². The van der Waals surface area contributed by atoms with E-state index in [9.17, 15) is 4.39 Å². The van der Waals surface area contributed by atoms with E-state index in [1.807, 2.05) is 12.1 Å². The van der Waals surface area contributed by atoms with E-state index in [2.05, 4.69) is 0 Å². The monoisotopic (exact) mass is 313 g/mol. The Balaban J connectivity index is 2.15. The molecule has 0 unspecified atom stereocenters. The summed E-state index contributed by atoms with van der Waals surface area (Å²) >= 11 is 11.8. The smallest absolute Gasteiger partial charge is 0.142 e. The minimum Gasteiger partial charge on any atom is -0.487 e. The van der Waals surface area contributed by atoms with Crippen LogP contribution in [0.2, 0.25) is 10.0 Å². The molecule has 5 heteroatoms. The van der Waals surface area contributed by atoms with Crippen LogP contribution < -0.4 is 10.5 Å². The Morgan fingerprint density at radius 1 is 1.10 bits per heavy atom. The van der Waals surface area contributed by atoms with E-state index < -0.39 is 5.82 Å². The zero-order valence-corrected chi connectivity index (χ0v) is 12.2. The lowest BCUT2D eigenvalue weighted by Gasteiger charge is -2.13. The zero-order valence-electron chi connectivity index (χ0n) is 10.7. The minimum absolute atomic E-state index is 0.0929. The van der Waals surface area contributed by atoms with Gasteiger partial charge in [0.2, 0.25) is 0 Å². The molecule has 0 amide bonds. The van der Waals surface area contributed by atoms with Gasteiger partial charge in [-0.05, 0) is 42.3 Å². The van der Waals surface area contributed by atoms with Crippen LogP contribution in [0.1, 0.15) is 11.1 Å². The van der Waals surface area contributed by atoms with Crippen molar-refractivity contribution in [2.45, 2.75) is 13.0 Å². The molecule has 0 saturated carbocycles. The summed E-state index contributed by atoms with van der Waals surface area (Å²) in [6.07, 6.45) is 0.672. The molecule has 0 bridgehead atoms. The largest absolute Gasteiger partial charge is 0.487 e. The fraction of sp³-hybridized carbons (Fsp3) is 0.200. The first-order valence-electron chi connectivity index (χ1n) is 6.16. The second-order valence-electron chi connectivity index (χ2n) is 4.30. The maximum absolute atomic E-state index is 13.4. The summed E-state index contributed by atoms with van der Waals surface area (Å²) in [5.74, 6) is 0.129. The van der Waals surface area contributed by atoms with E-state index in [0.29, 0.717) is 29.3 Å². The van der Waals surface area contributed by atoms with E-state index in [4.69, 9.17) is 33.7 Å². The summed E-state index contributed by atoms with van der Waals surface area (Å²) in [5.41, 5.74) is 7.19. The highest BCUT2D eigenvalue weighted by Crippen LogP contribution is 2.30. The second kappa shape index (κ2) is 6.93. The molecule has 2 nitrogen and oxygen atoms in total. The number of halogens is 3. The van der Waals surface area contributed by atoms with E-state index >= 15 is 0 Å². The van der Waals surface area contributed by atoms with Gasteiger partial charge in [-0.1, -0.05) is 41.4 Å². The first kappa shape index (κ1) is 15.1. The van der Waals surface area contributed by atoms with E-state index in [1.165, 1.54) is 12.1 Å². The molecule has 20 heavy (non-hydrogen) atoms. The van der Waals surface area contributed by atoms with Gasteiger partial charge in [-0.3, -0.25) is 0 Å². The van der Waals surface area contributed by atoms with Crippen LogP contribution >= 0.6 is 23.2 Å². The average Bonchev–Trinajstić information content (AvgIpc) is 2.42. The molecule has 0 aliphatic heterocycles. The van der Waals surface area contributed by atoms with E-state index in [1.54, 1.807) is 12.1 Å². The molecule has 0 radical (unpaired) electrons. The standard InChI is InChI=1S/C15H14Cl2FNO/c16-12-5-4-10(8-14(12)18)9-20-15-11(6-7-19)2-1-3-13(15)17/h1-5,8H,6-7,9,19H2. The van der Waals surface area contributed by atoms with Crippen LogP contribution in [0.4, 0.5) is 4.39 Å². The molecule has 2 rings (SSSR count). The van der Waals surface area contributed by atoms with Crippen LogP contribution in [0.5, 0.6) is 5.75 Å². The molecule has 0 aromatic heterocycles. The van der Waals surface area contributed by atoms with Gasteiger partial charge < -0.3 is 10.5 Å². The van der Waals surface area contributed by atoms with Crippen molar-refractivity contribution in [3.8, 4) is 5.75 Å². The minimum atomic E-state index is -0.464. The summed E-state index contributed by atoms with van der Waals surface area (Å²) in [6, 6.07) is 10.1. The van der Waals surface area contributed by atoms with Gasteiger partial charge in [-0.15, -0.1) is 0 Å². The SMILES string of the molecule is NCCc1cccc(Cl)c1OCc1ccc(Cl)c(F)c1. The van der Waals surface area contributed by atoms with Gasteiger partial charge in [0, 0.05) is 0 Å². The van der Waals surface area contributed by atoms with Crippen LogP contribution in [0.25, 0.3) is 0 Å². The summed E-state index contributed by atoms with van der Waals surface area (Å²) in [4.78, 5) is 0. The number of benzene rings is 2. The van der Waals surface area contributed by atoms with Gasteiger partial charge in [0.1, 0.15) is 18.2 Å². The van der Waals surface area contributed by atoms with Crippen LogP contribution in [-0.4, -0.2) is 6.54 Å². The third-order valence-corrected chi connectivity index (χ3v) is 3.43. The van der Waals surface area contributed by atoms with E-state index in [0.717, 1.165) is 5.56 Å². The topological polar surface area (TPSA) is 35.2 Å². The van der Waals surface area contributed by atoms with Crippen molar-refractivity contribution in [1.82, 2.24) is 0 Å². The summed E-state index contributed by atoms with van der Waals surface area (Å²) in [7, 11) is 0. The lowest BCUT2D eigenvalue weighted by molar-refractivity contribution is 0.302. The zero-order chi connectivity index (χ0) is 14.5. The van der Waals surface area contributed by atoms with Crippen molar-refractivity contribution in [2.75, 3.05) is 6.54 Å². The van der Waals surface area contributed by atoms with Gasteiger partial charge >= 0.3 is 0 Å². The molecule has 0 spiro atoms. The predicted molar refractivity (Wildman–Crippen MR) is 80.0 cm³/mol. The van der Waals surface area contributed by atoms with Gasteiger partial charge in [-0.25, -0.2) is 4.39 Å². The number of ether oxygens (including phenoxy) is 1. The number of hydrogen-bond donors (Lipinski definition) is 1. The third-order valence-electron chi connectivity index (χ3n) is 2.83. The van der Waals surface area contributed by atoms with Gasteiger partial charge in [0.25, 0.3) is 0 Å². The quantitative estimate of drug-likeness (QED) is 0.897. The Labute approximate surface area is 127 Å². The first-order chi connectivity index (χ1) is 9.61. The van der Waals surface area contributed by atoms with Crippen LogP contribution in [0, 0.1) is 5.82 Å². The fourth-order valence-electron chi connectivity index (χ4n) is 1.85. The molecule has 0 saturated heterocycles. The molecule has 0 fully saturated rings. The molecular weight excluding hydrogens is 300 g/mol. The molecule has 2 aromatic carbocycles. The van der Waals surface area contributed by atoms with Crippen molar-refractivity contribution in [2.24, 2.45) is 5.73 Å². The second-order valence-corrected chi connectivity index (χ2v) is 5.12. The maximum atomic E-state index is 13.4. The third kappa shape index (κ3) is 3.63. The summed E-state index contributed by atoms with van der Waals surface area (Å²) < 4.78 is 19.1.